The van der Waals surface area contributed by atoms with Crippen LogP contribution in [0.25, 0.3) is 10.2 Å². The number of aromatic nitrogens is 4. The highest BCUT2D eigenvalue weighted by molar-refractivity contribution is 7.22. The molecule has 0 atom stereocenters. The van der Waals surface area contributed by atoms with Gasteiger partial charge >= 0.3 is 0 Å². The topological polar surface area (TPSA) is 71.9 Å². The van der Waals surface area contributed by atoms with E-state index in [0.717, 1.165) is 21.5 Å². The first-order chi connectivity index (χ1) is 12.7. The monoisotopic (exact) mass is 361 g/mol. The van der Waals surface area contributed by atoms with E-state index >= 15 is 0 Å². The smallest absolute Gasteiger partial charge is 0.276 e. The quantitative estimate of drug-likeness (QED) is 0.555. The fourth-order valence-corrected chi connectivity index (χ4v) is 3.66. The lowest BCUT2D eigenvalue weighted by Gasteiger charge is -2.18. The number of carbonyl (C=O) groups excluding carboxylic acids is 1. The summed E-state index contributed by atoms with van der Waals surface area (Å²) in [5.41, 5.74) is 3.04. The van der Waals surface area contributed by atoms with Gasteiger partial charge in [-0.2, -0.15) is 0 Å². The number of fused-ring (bicyclic) bond motifs is 1. The molecule has 0 radical (unpaired) electrons. The van der Waals surface area contributed by atoms with Gasteiger partial charge in [-0.3, -0.25) is 19.7 Å². The van der Waals surface area contributed by atoms with Crippen LogP contribution in [0.3, 0.4) is 0 Å². The van der Waals surface area contributed by atoms with E-state index < -0.39 is 0 Å². The number of hydrogen-bond acceptors (Lipinski definition) is 6. The zero-order valence-corrected chi connectivity index (χ0v) is 14.8. The Morgan fingerprint density at radius 3 is 2.73 bits per heavy atom. The van der Waals surface area contributed by atoms with E-state index in [1.807, 2.05) is 43.3 Å². The van der Waals surface area contributed by atoms with Crippen molar-refractivity contribution in [2.24, 2.45) is 0 Å². The Labute approximate surface area is 154 Å². The molecule has 0 aliphatic rings. The van der Waals surface area contributed by atoms with E-state index in [4.69, 9.17) is 4.98 Å². The SMILES string of the molecule is Cc1cccc2sc(N(Cc3ccccn3)C(=O)c3cnccn3)nc12. The number of rotatable bonds is 4. The Kier molecular flexibility index (Phi) is 4.37. The Morgan fingerprint density at radius 1 is 1.08 bits per heavy atom. The van der Waals surface area contributed by atoms with Gasteiger partial charge in [0.05, 0.1) is 28.7 Å². The summed E-state index contributed by atoms with van der Waals surface area (Å²) in [5, 5.41) is 0.621. The Bertz CT molecular complexity index is 1050. The van der Waals surface area contributed by atoms with Crippen LogP contribution in [0.15, 0.2) is 61.2 Å². The maximum atomic E-state index is 13.1. The number of benzene rings is 1. The second kappa shape index (κ2) is 6.97. The first-order valence-corrected chi connectivity index (χ1v) is 8.88. The second-order valence-corrected chi connectivity index (χ2v) is 6.73. The lowest BCUT2D eigenvalue weighted by Crippen LogP contribution is -2.31. The fraction of sp³-hybridized carbons (Fsp3) is 0.105. The zero-order valence-electron chi connectivity index (χ0n) is 14.0. The molecule has 1 amide bonds. The lowest BCUT2D eigenvalue weighted by molar-refractivity contribution is 0.0979. The summed E-state index contributed by atoms with van der Waals surface area (Å²) < 4.78 is 1.04. The number of para-hydroxylation sites is 1. The van der Waals surface area contributed by atoms with Gasteiger partial charge in [-0.15, -0.1) is 0 Å². The van der Waals surface area contributed by atoms with Gasteiger partial charge in [0.1, 0.15) is 5.69 Å². The van der Waals surface area contributed by atoms with Crippen LogP contribution in [-0.2, 0) is 6.54 Å². The molecular formula is C19H15N5OS. The maximum Gasteiger partial charge on any atom is 0.280 e. The summed E-state index contributed by atoms with van der Waals surface area (Å²) in [7, 11) is 0. The minimum Gasteiger partial charge on any atom is -0.276 e. The normalized spacial score (nSPS) is 10.8. The van der Waals surface area contributed by atoms with Crippen molar-refractivity contribution in [1.82, 2.24) is 19.9 Å². The van der Waals surface area contributed by atoms with E-state index in [2.05, 4.69) is 15.0 Å². The molecule has 26 heavy (non-hydrogen) atoms. The van der Waals surface area contributed by atoms with Crippen molar-refractivity contribution in [3.63, 3.8) is 0 Å². The summed E-state index contributed by atoms with van der Waals surface area (Å²) in [5.74, 6) is -0.250. The van der Waals surface area contributed by atoms with Crippen molar-refractivity contribution in [2.75, 3.05) is 4.90 Å². The molecule has 0 fully saturated rings. The summed E-state index contributed by atoms with van der Waals surface area (Å²) in [6.07, 6.45) is 6.23. The largest absolute Gasteiger partial charge is 0.280 e. The van der Waals surface area contributed by atoms with Crippen molar-refractivity contribution >= 4 is 32.6 Å². The van der Waals surface area contributed by atoms with Crippen molar-refractivity contribution in [3.05, 3.63) is 78.1 Å². The van der Waals surface area contributed by atoms with Gasteiger partial charge in [-0.1, -0.05) is 29.5 Å². The molecule has 0 saturated heterocycles. The number of aryl methyl sites for hydroxylation is 1. The molecule has 6 nitrogen and oxygen atoms in total. The third kappa shape index (κ3) is 3.16. The predicted molar refractivity (Wildman–Crippen MR) is 101 cm³/mol. The second-order valence-electron chi connectivity index (χ2n) is 5.72. The van der Waals surface area contributed by atoms with Gasteiger partial charge in [-0.05, 0) is 30.7 Å². The molecule has 1 aromatic carbocycles. The molecule has 0 aliphatic carbocycles. The number of thiazole rings is 1. The summed E-state index contributed by atoms with van der Waals surface area (Å²) in [4.78, 5) is 31.9. The first-order valence-electron chi connectivity index (χ1n) is 8.06. The van der Waals surface area contributed by atoms with E-state index in [1.165, 1.54) is 23.7 Å². The average molecular weight is 361 g/mol. The molecule has 0 saturated carbocycles. The third-order valence-electron chi connectivity index (χ3n) is 3.91. The number of hydrogen-bond donors (Lipinski definition) is 0. The molecule has 3 aromatic heterocycles. The lowest BCUT2D eigenvalue weighted by atomic mass is 10.2. The first kappa shape index (κ1) is 16.3. The average Bonchev–Trinajstić information content (AvgIpc) is 3.12. The fourth-order valence-electron chi connectivity index (χ4n) is 2.62. The van der Waals surface area contributed by atoms with Gasteiger partial charge in [0.25, 0.3) is 5.91 Å². The van der Waals surface area contributed by atoms with E-state index in [9.17, 15) is 4.79 Å². The van der Waals surface area contributed by atoms with Crippen LogP contribution in [0, 0.1) is 6.92 Å². The number of amides is 1. The van der Waals surface area contributed by atoms with Gasteiger partial charge in [0.2, 0.25) is 0 Å². The van der Waals surface area contributed by atoms with E-state index in [-0.39, 0.29) is 11.6 Å². The van der Waals surface area contributed by atoms with Crippen LogP contribution in [0.5, 0.6) is 0 Å². The summed E-state index contributed by atoms with van der Waals surface area (Å²) in [6, 6.07) is 11.6. The number of nitrogens with zero attached hydrogens (tertiary/aromatic N) is 5. The molecule has 128 valence electrons. The van der Waals surface area contributed by atoms with Crippen LogP contribution in [0.4, 0.5) is 5.13 Å². The van der Waals surface area contributed by atoms with Crippen molar-refractivity contribution in [1.29, 1.82) is 0 Å². The summed E-state index contributed by atoms with van der Waals surface area (Å²) >= 11 is 1.48. The molecule has 0 aliphatic heterocycles. The highest BCUT2D eigenvalue weighted by Crippen LogP contribution is 2.31. The van der Waals surface area contributed by atoms with Crippen molar-refractivity contribution in [3.8, 4) is 0 Å². The highest BCUT2D eigenvalue weighted by Gasteiger charge is 2.23. The molecule has 4 aromatic rings. The predicted octanol–water partition coefficient (Wildman–Crippen LogP) is 3.64. The van der Waals surface area contributed by atoms with Crippen LogP contribution in [0.1, 0.15) is 21.7 Å². The zero-order chi connectivity index (χ0) is 17.9. The Balaban J connectivity index is 1.78. The molecule has 4 rings (SSSR count). The molecule has 0 bridgehead atoms. The van der Waals surface area contributed by atoms with E-state index in [0.29, 0.717) is 11.7 Å². The highest BCUT2D eigenvalue weighted by atomic mass is 32.1. The molecule has 0 spiro atoms. The summed E-state index contributed by atoms with van der Waals surface area (Å²) in [6.45, 7) is 2.33. The van der Waals surface area contributed by atoms with Crippen LogP contribution in [-0.4, -0.2) is 25.8 Å². The minimum atomic E-state index is -0.250. The van der Waals surface area contributed by atoms with Crippen LogP contribution < -0.4 is 4.90 Å². The van der Waals surface area contributed by atoms with Crippen molar-refractivity contribution in [2.45, 2.75) is 13.5 Å². The van der Waals surface area contributed by atoms with Crippen LogP contribution >= 0.6 is 11.3 Å². The van der Waals surface area contributed by atoms with Gasteiger partial charge in [0.15, 0.2) is 5.13 Å². The van der Waals surface area contributed by atoms with Gasteiger partial charge in [0, 0.05) is 18.6 Å². The standard InChI is InChI=1S/C19H15N5OS/c1-13-5-4-7-16-17(13)23-19(26-16)24(12-14-6-2-3-8-21-14)18(25)15-11-20-9-10-22-15/h2-11H,12H2,1H3. The number of pyridine rings is 1. The van der Waals surface area contributed by atoms with Gasteiger partial charge < -0.3 is 0 Å². The maximum absolute atomic E-state index is 13.1. The number of carbonyl (C=O) groups is 1. The number of anilines is 1. The molecule has 0 unspecified atom stereocenters. The molecular weight excluding hydrogens is 346 g/mol. The minimum absolute atomic E-state index is 0.250. The Morgan fingerprint density at radius 2 is 2.00 bits per heavy atom. The molecule has 7 heteroatoms. The van der Waals surface area contributed by atoms with Gasteiger partial charge in [-0.25, -0.2) is 9.97 Å². The van der Waals surface area contributed by atoms with E-state index in [1.54, 1.807) is 17.3 Å². The third-order valence-corrected chi connectivity index (χ3v) is 4.96. The molecule has 3 heterocycles. The van der Waals surface area contributed by atoms with Crippen LogP contribution in [0.2, 0.25) is 0 Å². The van der Waals surface area contributed by atoms with Crippen molar-refractivity contribution < 1.29 is 4.79 Å². The Hall–Kier alpha value is -3.19. The molecule has 0 N–H and O–H groups in total.